The Morgan fingerprint density at radius 1 is 1.45 bits per heavy atom. The molecule has 0 spiro atoms. The number of hydrogen-bond donors (Lipinski definition) is 1. The van der Waals surface area contributed by atoms with E-state index in [1.807, 2.05) is 7.05 Å². The van der Waals surface area contributed by atoms with Crippen molar-refractivity contribution in [2.24, 2.45) is 11.8 Å². The van der Waals surface area contributed by atoms with Gasteiger partial charge < -0.3 is 10.0 Å². The Balaban J connectivity index is 2.07. The Bertz CT molecular complexity index is 164. The molecule has 2 aliphatic rings. The summed E-state index contributed by atoms with van der Waals surface area (Å²) in [5, 5.41) is 9.38. The number of nitrogens with zero attached hydrogens (tertiary/aromatic N) is 1. The van der Waals surface area contributed by atoms with Gasteiger partial charge in [0.05, 0.1) is 6.10 Å². The average molecular weight is 159 g/mol. The van der Waals surface area contributed by atoms with Gasteiger partial charge in [0.15, 0.2) is 0 Å². The normalized spacial score (nSPS) is 51.5. The molecule has 1 saturated heterocycles. The van der Waals surface area contributed by atoms with Crippen LogP contribution in [0.3, 0.4) is 0 Å². The van der Waals surface area contributed by atoms with Crippen molar-refractivity contribution in [1.82, 2.24) is 4.90 Å². The van der Waals surface area contributed by atoms with Gasteiger partial charge in [-0.15, -0.1) is 0 Å². The van der Waals surface area contributed by atoms with E-state index in [-0.39, 0.29) is 5.92 Å². The number of halogens is 1. The lowest BCUT2D eigenvalue weighted by molar-refractivity contribution is 0.0656. The number of aliphatic hydroxyl groups excluding tert-OH is 1. The summed E-state index contributed by atoms with van der Waals surface area (Å²) in [5.74, 6) is 0.611. The molecular weight excluding hydrogens is 145 g/mol. The van der Waals surface area contributed by atoms with Crippen LogP contribution in [0.2, 0.25) is 0 Å². The van der Waals surface area contributed by atoms with Crippen molar-refractivity contribution >= 4 is 0 Å². The van der Waals surface area contributed by atoms with Crippen molar-refractivity contribution in [2.45, 2.75) is 18.7 Å². The fourth-order valence-corrected chi connectivity index (χ4v) is 2.45. The van der Waals surface area contributed by atoms with Crippen molar-refractivity contribution in [3.05, 3.63) is 0 Å². The maximum atomic E-state index is 12.9. The molecule has 11 heavy (non-hydrogen) atoms. The number of hydrogen-bond acceptors (Lipinski definition) is 2. The van der Waals surface area contributed by atoms with Crippen LogP contribution in [0.4, 0.5) is 4.39 Å². The summed E-state index contributed by atoms with van der Waals surface area (Å²) in [6, 6.07) is 0. The predicted molar refractivity (Wildman–Crippen MR) is 40.0 cm³/mol. The van der Waals surface area contributed by atoms with Gasteiger partial charge in [-0.2, -0.15) is 0 Å². The first-order valence-electron chi connectivity index (χ1n) is 4.19. The zero-order chi connectivity index (χ0) is 8.01. The van der Waals surface area contributed by atoms with Crippen LogP contribution in [0, 0.1) is 11.8 Å². The van der Waals surface area contributed by atoms with Gasteiger partial charge in [0.25, 0.3) is 0 Å². The van der Waals surface area contributed by atoms with Gasteiger partial charge in [-0.3, -0.25) is 0 Å². The second-order valence-electron chi connectivity index (χ2n) is 3.89. The molecule has 3 heteroatoms. The number of fused-ring (bicyclic) bond motifs is 1. The Morgan fingerprint density at radius 2 is 2.18 bits per heavy atom. The van der Waals surface area contributed by atoms with Crippen LogP contribution in [0.25, 0.3) is 0 Å². The van der Waals surface area contributed by atoms with E-state index in [0.29, 0.717) is 12.3 Å². The first-order valence-corrected chi connectivity index (χ1v) is 4.19. The van der Waals surface area contributed by atoms with E-state index in [1.54, 1.807) is 0 Å². The molecule has 1 saturated carbocycles. The highest BCUT2D eigenvalue weighted by atomic mass is 19.1. The molecule has 0 aromatic heterocycles. The van der Waals surface area contributed by atoms with Crippen molar-refractivity contribution in [3.63, 3.8) is 0 Å². The monoisotopic (exact) mass is 159 g/mol. The molecule has 0 aromatic carbocycles. The van der Waals surface area contributed by atoms with Gasteiger partial charge in [0.1, 0.15) is 6.17 Å². The second kappa shape index (κ2) is 2.42. The first kappa shape index (κ1) is 7.50. The molecule has 4 atom stereocenters. The molecule has 2 fully saturated rings. The Morgan fingerprint density at radius 3 is 2.82 bits per heavy atom. The van der Waals surface area contributed by atoms with E-state index in [1.165, 1.54) is 0 Å². The van der Waals surface area contributed by atoms with Crippen molar-refractivity contribution < 1.29 is 9.50 Å². The fraction of sp³-hybridized carbons (Fsp3) is 1.00. The van der Waals surface area contributed by atoms with Gasteiger partial charge in [0.2, 0.25) is 0 Å². The number of rotatable bonds is 0. The van der Waals surface area contributed by atoms with Crippen LogP contribution in [-0.2, 0) is 0 Å². The third kappa shape index (κ3) is 1.07. The maximum Gasteiger partial charge on any atom is 0.127 e. The molecule has 0 bridgehead atoms. The molecule has 1 heterocycles. The summed E-state index contributed by atoms with van der Waals surface area (Å²) < 4.78 is 12.9. The molecule has 1 N–H and O–H groups in total. The average Bonchev–Trinajstić information content (AvgIpc) is 2.37. The Kier molecular flexibility index (Phi) is 1.65. The van der Waals surface area contributed by atoms with E-state index >= 15 is 0 Å². The predicted octanol–water partition coefficient (Wildman–Crippen LogP) is 0.267. The Hall–Kier alpha value is -0.150. The molecule has 1 aliphatic heterocycles. The van der Waals surface area contributed by atoms with Crippen LogP contribution in [0.15, 0.2) is 0 Å². The lowest BCUT2D eigenvalue weighted by Gasteiger charge is -2.14. The van der Waals surface area contributed by atoms with Crippen molar-refractivity contribution in [2.75, 3.05) is 20.1 Å². The lowest BCUT2D eigenvalue weighted by atomic mass is 10.00. The van der Waals surface area contributed by atoms with Crippen LogP contribution in [0.1, 0.15) is 6.42 Å². The highest BCUT2D eigenvalue weighted by molar-refractivity contribution is 4.97. The quantitative estimate of drug-likeness (QED) is 0.548. The number of likely N-dealkylation sites (tertiary alicyclic amines) is 1. The highest BCUT2D eigenvalue weighted by Crippen LogP contribution is 2.38. The van der Waals surface area contributed by atoms with Crippen LogP contribution >= 0.6 is 0 Å². The third-order valence-electron chi connectivity index (χ3n) is 3.01. The molecule has 64 valence electrons. The van der Waals surface area contributed by atoms with Crippen molar-refractivity contribution in [3.8, 4) is 0 Å². The zero-order valence-corrected chi connectivity index (χ0v) is 6.70. The molecule has 0 amide bonds. The SMILES string of the molecule is CN1CC2CC(F)C(O)C2C1. The van der Waals surface area contributed by atoms with Crippen LogP contribution in [-0.4, -0.2) is 42.4 Å². The van der Waals surface area contributed by atoms with Gasteiger partial charge >= 0.3 is 0 Å². The largest absolute Gasteiger partial charge is 0.390 e. The molecule has 1 aliphatic carbocycles. The van der Waals surface area contributed by atoms with Crippen LogP contribution < -0.4 is 0 Å². The summed E-state index contributed by atoms with van der Waals surface area (Å²) in [4.78, 5) is 2.17. The number of alkyl halides is 1. The second-order valence-corrected chi connectivity index (χ2v) is 3.89. The van der Waals surface area contributed by atoms with E-state index in [9.17, 15) is 9.50 Å². The zero-order valence-electron chi connectivity index (χ0n) is 6.70. The van der Waals surface area contributed by atoms with E-state index < -0.39 is 12.3 Å². The molecule has 0 radical (unpaired) electrons. The van der Waals surface area contributed by atoms with E-state index in [2.05, 4.69) is 4.90 Å². The van der Waals surface area contributed by atoms with E-state index in [0.717, 1.165) is 13.1 Å². The topological polar surface area (TPSA) is 23.5 Å². The number of aliphatic hydroxyl groups is 1. The Labute approximate surface area is 66.0 Å². The minimum absolute atomic E-state index is 0.204. The third-order valence-corrected chi connectivity index (χ3v) is 3.01. The lowest BCUT2D eigenvalue weighted by Crippen LogP contribution is -2.27. The minimum Gasteiger partial charge on any atom is -0.390 e. The molecule has 2 nitrogen and oxygen atoms in total. The summed E-state index contributed by atoms with van der Waals surface area (Å²) in [6.45, 7) is 1.83. The summed E-state index contributed by atoms with van der Waals surface area (Å²) >= 11 is 0. The van der Waals surface area contributed by atoms with Crippen LogP contribution in [0.5, 0.6) is 0 Å². The van der Waals surface area contributed by atoms with Gasteiger partial charge in [-0.1, -0.05) is 0 Å². The fourth-order valence-electron chi connectivity index (χ4n) is 2.45. The maximum absolute atomic E-state index is 12.9. The van der Waals surface area contributed by atoms with Crippen molar-refractivity contribution in [1.29, 1.82) is 0 Å². The summed E-state index contributed by atoms with van der Waals surface area (Å²) in [7, 11) is 2.03. The summed E-state index contributed by atoms with van der Waals surface area (Å²) in [5.41, 5.74) is 0. The van der Waals surface area contributed by atoms with Gasteiger partial charge in [0, 0.05) is 19.0 Å². The highest BCUT2D eigenvalue weighted by Gasteiger charge is 2.46. The first-order chi connectivity index (χ1) is 5.18. The van der Waals surface area contributed by atoms with E-state index in [4.69, 9.17) is 0 Å². The smallest absolute Gasteiger partial charge is 0.127 e. The molecule has 4 unspecified atom stereocenters. The molecule has 0 aromatic rings. The van der Waals surface area contributed by atoms with Gasteiger partial charge in [-0.05, 0) is 19.4 Å². The molecular formula is C8H14FNO. The molecule has 2 rings (SSSR count). The van der Waals surface area contributed by atoms with Gasteiger partial charge in [-0.25, -0.2) is 4.39 Å². The standard InChI is InChI=1S/C8H14FNO/c1-10-3-5-2-7(9)8(11)6(5)4-10/h5-8,11H,2-4H2,1H3. The summed E-state index contributed by atoms with van der Waals surface area (Å²) in [6.07, 6.45) is -1.08. The minimum atomic E-state index is -0.960.